The maximum absolute atomic E-state index is 12.0. The first-order chi connectivity index (χ1) is 48.2. The van der Waals surface area contributed by atoms with Crippen molar-refractivity contribution < 1.29 is 77.9 Å². The Labute approximate surface area is 600 Å². The normalized spacial score (nSPS) is 11.5. The first kappa shape index (κ1) is 80.6. The number of carbonyl (C=O) groups is 5. The molecule has 0 spiro atoms. The first-order valence-corrected chi connectivity index (χ1v) is 34.8. The zero-order valence-electron chi connectivity index (χ0n) is 61.8. The fourth-order valence-electron chi connectivity index (χ4n) is 9.68. The molecule has 5 N–H and O–H groups in total. The summed E-state index contributed by atoms with van der Waals surface area (Å²) in [4.78, 5) is 59.7. The second-order valence-corrected chi connectivity index (χ2v) is 28.4. The largest absolute Gasteiger partial charge is 0.508 e. The van der Waals surface area contributed by atoms with E-state index in [1.165, 1.54) is 0 Å². The van der Waals surface area contributed by atoms with Crippen molar-refractivity contribution in [3.05, 3.63) is 199 Å². The highest BCUT2D eigenvalue weighted by atomic mass is 16.6. The number of rotatable bonds is 22. The van der Waals surface area contributed by atoms with E-state index in [1.54, 1.807) is 72.8 Å². The topological polar surface area (TPSA) is 242 Å². The van der Waals surface area contributed by atoms with Gasteiger partial charge in [0.2, 0.25) is 0 Å². The van der Waals surface area contributed by atoms with Gasteiger partial charge in [0.05, 0.1) is 33.7 Å². The Morgan fingerprint density at radius 1 is 0.324 bits per heavy atom. The number of benzene rings is 10. The molecule has 10 rings (SSSR count). The van der Waals surface area contributed by atoms with Crippen molar-refractivity contribution in [2.45, 2.75) is 156 Å². The maximum Gasteiger partial charge on any atom is 0.316 e. The van der Waals surface area contributed by atoms with E-state index in [0.29, 0.717) is 24.5 Å². The molecule has 0 aromatic heterocycles. The van der Waals surface area contributed by atoms with Gasteiger partial charge >= 0.3 is 29.8 Å². The lowest BCUT2D eigenvalue weighted by Gasteiger charge is -2.20. The second kappa shape index (κ2) is 36.3. The van der Waals surface area contributed by atoms with E-state index < -0.39 is 27.1 Å². The zero-order chi connectivity index (χ0) is 75.2. The second-order valence-electron chi connectivity index (χ2n) is 28.4. The summed E-state index contributed by atoms with van der Waals surface area (Å²) in [5.41, 5.74) is 0.634. The molecule has 16 heteroatoms. The third-order valence-corrected chi connectivity index (χ3v) is 18.8. The highest BCUT2D eigenvalue weighted by Crippen LogP contribution is 2.35. The average Bonchev–Trinajstić information content (AvgIpc) is 0.833. The quantitative estimate of drug-likeness (QED) is 0.0183. The number of esters is 5. The summed E-state index contributed by atoms with van der Waals surface area (Å²) in [7, 11) is 0. The lowest BCUT2D eigenvalue weighted by Crippen LogP contribution is -2.28. The Morgan fingerprint density at radius 3 is 1.19 bits per heavy atom. The number of hydrogen-bond donors (Lipinski definition) is 5. The van der Waals surface area contributed by atoms with Crippen molar-refractivity contribution in [1.29, 1.82) is 0 Å². The van der Waals surface area contributed by atoms with Crippen molar-refractivity contribution in [3.8, 4) is 40.2 Å². The van der Waals surface area contributed by atoms with Gasteiger partial charge in [-0.05, 0) is 217 Å². The van der Waals surface area contributed by atoms with Gasteiger partial charge in [-0.2, -0.15) is 0 Å². The molecule has 10 aromatic carbocycles. The number of hydrogen-bond acceptors (Lipinski definition) is 16. The molecule has 542 valence electrons. The van der Waals surface area contributed by atoms with E-state index >= 15 is 0 Å². The zero-order valence-corrected chi connectivity index (χ0v) is 61.8. The summed E-state index contributed by atoms with van der Waals surface area (Å²) in [6, 6.07) is 54.5. The van der Waals surface area contributed by atoms with Crippen LogP contribution in [-0.4, -0.2) is 75.2 Å². The van der Waals surface area contributed by atoms with Gasteiger partial charge in [-0.15, -0.1) is 0 Å². The van der Waals surface area contributed by atoms with Gasteiger partial charge in [0.25, 0.3) is 0 Å². The Balaban J connectivity index is 0.000000201. The standard InChI is InChI=1S/C18H22O4.C18H22O3.2C17H20O3.C16H18O3/c1-4-18(2,3)17(20)22-12-11-21-16-10-6-7-13-14(16)8-5-9-15(13)19;1-4-18(2,3)17(20)21-12-11-13-7-5-9-15-14(13)8-6-10-16(15)19;1-4-17(2,3)16(19)20-11-12-7-5-9-14-13(12)8-6-10-15(14)18;1-4-17(2,3)16(19)20-11-12-5-6-14-10-15(18)8-7-13(14)9-12;1-4-16(2,3)15(18)19-14-8-6-11-9-13(17)7-5-12(11)10-14/h5-10,19H,4,11-12H2,1-3H3;5-10,19H,4,11-12H2,1-3H3;2*5-10,18H,4,11H2,1-3H3;5-10,17H,4H2,1-3H3. The molecule has 0 bridgehead atoms. The molecule has 10 aromatic rings. The average molecular weight is 1390 g/mol. The first-order valence-electron chi connectivity index (χ1n) is 34.8. The SMILES string of the molecule is CCC(C)(C)C(=O)OCCOc1cccc2c(O)cccc12.CCC(C)(C)C(=O)OCCc1cccc2c(O)cccc12.CCC(C)(C)C(=O)OCc1ccc2cc(O)ccc2c1.CCC(C)(C)C(=O)OCc1cccc2c(O)cccc12.CCC(C)(C)C(=O)Oc1ccc2cc(O)ccc2c1. The van der Waals surface area contributed by atoms with E-state index in [-0.39, 0.29) is 85.0 Å². The summed E-state index contributed by atoms with van der Waals surface area (Å²) in [6.45, 7) is 30.0. The summed E-state index contributed by atoms with van der Waals surface area (Å²) < 4.78 is 32.5. The van der Waals surface area contributed by atoms with Crippen LogP contribution in [0.5, 0.6) is 40.2 Å². The Hall–Kier alpha value is -10.4. The number of phenols is 5. The molecule has 0 saturated carbocycles. The molecule has 102 heavy (non-hydrogen) atoms. The fraction of sp³-hybridized carbons (Fsp3) is 0.360. The van der Waals surface area contributed by atoms with Gasteiger partial charge in [-0.25, -0.2) is 0 Å². The highest BCUT2D eigenvalue weighted by Gasteiger charge is 2.31. The van der Waals surface area contributed by atoms with Crippen LogP contribution >= 0.6 is 0 Å². The molecule has 0 aliphatic carbocycles. The van der Waals surface area contributed by atoms with Gasteiger partial charge in [0.15, 0.2) is 0 Å². The minimum atomic E-state index is -0.482. The van der Waals surface area contributed by atoms with Crippen LogP contribution in [-0.2, 0) is 62.6 Å². The van der Waals surface area contributed by atoms with E-state index in [1.807, 2.05) is 213 Å². The molecule has 0 atom stereocenters. The van der Waals surface area contributed by atoms with Crippen molar-refractivity contribution in [3.63, 3.8) is 0 Å². The van der Waals surface area contributed by atoms with E-state index in [0.717, 1.165) is 103 Å². The minimum Gasteiger partial charge on any atom is -0.508 e. The van der Waals surface area contributed by atoms with Crippen LogP contribution in [0.2, 0.25) is 0 Å². The van der Waals surface area contributed by atoms with Crippen LogP contribution < -0.4 is 9.47 Å². The number of carbonyl (C=O) groups excluding carboxylic acids is 5. The molecule has 0 saturated heterocycles. The molecule has 0 aliphatic heterocycles. The lowest BCUT2D eigenvalue weighted by atomic mass is 9.91. The molecule has 0 amide bonds. The predicted octanol–water partition coefficient (Wildman–Crippen LogP) is 19.9. The van der Waals surface area contributed by atoms with E-state index in [9.17, 15) is 49.5 Å². The minimum absolute atomic E-state index is 0.159. The third kappa shape index (κ3) is 22.3. The predicted molar refractivity (Wildman–Crippen MR) is 405 cm³/mol. The summed E-state index contributed by atoms with van der Waals surface area (Å²) in [5, 5.41) is 57.3. The molecule has 0 heterocycles. The molecule has 0 unspecified atom stereocenters. The lowest BCUT2D eigenvalue weighted by molar-refractivity contribution is -0.156. The third-order valence-electron chi connectivity index (χ3n) is 18.8. The van der Waals surface area contributed by atoms with E-state index in [4.69, 9.17) is 28.4 Å². The fourth-order valence-corrected chi connectivity index (χ4v) is 9.68. The molecular weight excluding hydrogens is 1290 g/mol. The molecule has 0 radical (unpaired) electrons. The van der Waals surface area contributed by atoms with Gasteiger partial charge in [0, 0.05) is 28.0 Å². The van der Waals surface area contributed by atoms with Crippen LogP contribution in [0.15, 0.2) is 182 Å². The number of ether oxygens (including phenoxy) is 6. The number of aromatic hydroxyl groups is 5. The van der Waals surface area contributed by atoms with Crippen molar-refractivity contribution >= 4 is 83.7 Å². The molecule has 0 aliphatic rings. The summed E-state index contributed by atoms with van der Waals surface area (Å²) in [6.07, 6.45) is 4.36. The Bertz CT molecular complexity index is 4500. The summed E-state index contributed by atoms with van der Waals surface area (Å²) in [5.74, 6) is 1.44. The number of phenolic OH excluding ortho intramolecular Hbond substituents is 5. The van der Waals surface area contributed by atoms with Gasteiger partial charge in [0.1, 0.15) is 66.7 Å². The van der Waals surface area contributed by atoms with Gasteiger partial charge < -0.3 is 54.0 Å². The monoisotopic (exact) mass is 1390 g/mol. The Kier molecular flexibility index (Phi) is 28.7. The van der Waals surface area contributed by atoms with Gasteiger partial charge in [-0.3, -0.25) is 24.0 Å². The summed E-state index contributed by atoms with van der Waals surface area (Å²) >= 11 is 0. The van der Waals surface area contributed by atoms with Crippen LogP contribution in [0, 0.1) is 27.1 Å². The van der Waals surface area contributed by atoms with Crippen molar-refractivity contribution in [1.82, 2.24) is 0 Å². The molecule has 16 nitrogen and oxygen atoms in total. The van der Waals surface area contributed by atoms with Crippen LogP contribution in [0.4, 0.5) is 0 Å². The number of fused-ring (bicyclic) bond motifs is 5. The van der Waals surface area contributed by atoms with E-state index in [2.05, 4.69) is 0 Å². The highest BCUT2D eigenvalue weighted by molar-refractivity contribution is 5.94. The van der Waals surface area contributed by atoms with Crippen LogP contribution in [0.3, 0.4) is 0 Å². The van der Waals surface area contributed by atoms with Crippen LogP contribution in [0.1, 0.15) is 153 Å². The van der Waals surface area contributed by atoms with Crippen LogP contribution in [0.25, 0.3) is 53.9 Å². The van der Waals surface area contributed by atoms with Crippen molar-refractivity contribution in [2.75, 3.05) is 19.8 Å². The Morgan fingerprint density at radius 2 is 0.686 bits per heavy atom. The van der Waals surface area contributed by atoms with Gasteiger partial charge in [-0.1, -0.05) is 150 Å². The molecular formula is C86H102O16. The maximum atomic E-state index is 12.0. The smallest absolute Gasteiger partial charge is 0.316 e. The van der Waals surface area contributed by atoms with Crippen molar-refractivity contribution in [2.24, 2.45) is 27.1 Å². The molecule has 0 fully saturated rings.